The predicted octanol–water partition coefficient (Wildman–Crippen LogP) is 3.26. The maximum absolute atomic E-state index is 12.6. The Kier molecular flexibility index (Phi) is 8.56. The molecule has 0 spiro atoms. The third-order valence-electron chi connectivity index (χ3n) is 5.31. The zero-order valence-corrected chi connectivity index (χ0v) is 20.1. The van der Waals surface area contributed by atoms with E-state index < -0.39 is 16.1 Å². The van der Waals surface area contributed by atoms with Crippen molar-refractivity contribution in [3.63, 3.8) is 0 Å². The number of hydrogen-bond donors (Lipinski definition) is 3. The lowest BCUT2D eigenvalue weighted by Crippen LogP contribution is -2.37. The summed E-state index contributed by atoms with van der Waals surface area (Å²) in [4.78, 5) is 25.5. The number of amides is 2. The van der Waals surface area contributed by atoms with E-state index in [1.807, 2.05) is 49.4 Å². The predicted molar refractivity (Wildman–Crippen MR) is 132 cm³/mol. The van der Waals surface area contributed by atoms with Crippen LogP contribution in [-0.2, 0) is 14.8 Å². The molecule has 3 aromatic rings. The van der Waals surface area contributed by atoms with E-state index in [4.69, 9.17) is 0 Å². The van der Waals surface area contributed by atoms with Gasteiger partial charge in [0.2, 0.25) is 15.9 Å². The van der Waals surface area contributed by atoms with Crippen LogP contribution in [0.2, 0.25) is 0 Å². The van der Waals surface area contributed by atoms with Crippen LogP contribution >= 0.6 is 0 Å². The minimum Gasteiger partial charge on any atom is -0.355 e. The van der Waals surface area contributed by atoms with E-state index in [0.29, 0.717) is 11.1 Å². The Balaban J connectivity index is 1.57. The highest BCUT2D eigenvalue weighted by Gasteiger charge is 2.20. The molecule has 1 atom stereocenters. The number of nitrogens with one attached hydrogen (secondary N) is 3. The lowest BCUT2D eigenvalue weighted by Gasteiger charge is -2.19. The minimum atomic E-state index is -3.68. The second-order valence-corrected chi connectivity index (χ2v) is 9.76. The van der Waals surface area contributed by atoms with Gasteiger partial charge in [-0.1, -0.05) is 60.7 Å². The molecule has 34 heavy (non-hydrogen) atoms. The van der Waals surface area contributed by atoms with E-state index >= 15 is 0 Å². The Morgan fingerprint density at radius 2 is 1.50 bits per heavy atom. The van der Waals surface area contributed by atoms with Gasteiger partial charge in [-0.2, -0.15) is 0 Å². The van der Waals surface area contributed by atoms with E-state index in [-0.39, 0.29) is 36.2 Å². The molecule has 0 aliphatic carbocycles. The number of rotatable bonds is 10. The number of hydrogen-bond acceptors (Lipinski definition) is 4. The van der Waals surface area contributed by atoms with E-state index in [1.54, 1.807) is 43.3 Å². The van der Waals surface area contributed by atoms with Gasteiger partial charge in [-0.3, -0.25) is 9.59 Å². The third-order valence-corrected chi connectivity index (χ3v) is 6.91. The highest BCUT2D eigenvalue weighted by molar-refractivity contribution is 7.89. The smallest absolute Gasteiger partial charge is 0.251 e. The molecule has 0 heterocycles. The van der Waals surface area contributed by atoms with Crippen molar-refractivity contribution in [1.29, 1.82) is 0 Å². The summed E-state index contributed by atoms with van der Waals surface area (Å²) in [6.45, 7) is 3.74. The van der Waals surface area contributed by atoms with Gasteiger partial charge >= 0.3 is 0 Å². The van der Waals surface area contributed by atoms with Crippen molar-refractivity contribution in [1.82, 2.24) is 15.4 Å². The highest BCUT2D eigenvalue weighted by Crippen LogP contribution is 2.18. The van der Waals surface area contributed by atoms with Crippen molar-refractivity contribution >= 4 is 21.8 Å². The Morgan fingerprint density at radius 3 is 2.18 bits per heavy atom. The topological polar surface area (TPSA) is 104 Å². The fourth-order valence-electron chi connectivity index (χ4n) is 3.49. The zero-order chi connectivity index (χ0) is 24.6. The first-order valence-corrected chi connectivity index (χ1v) is 12.5. The van der Waals surface area contributed by atoms with Crippen molar-refractivity contribution < 1.29 is 18.0 Å². The first-order chi connectivity index (χ1) is 16.3. The van der Waals surface area contributed by atoms with Crippen molar-refractivity contribution in [2.75, 3.05) is 13.1 Å². The van der Waals surface area contributed by atoms with Gasteiger partial charge in [-0.25, -0.2) is 13.1 Å². The van der Waals surface area contributed by atoms with Crippen LogP contribution in [0.1, 0.15) is 39.5 Å². The maximum atomic E-state index is 12.6. The van der Waals surface area contributed by atoms with Gasteiger partial charge in [-0.05, 0) is 48.7 Å². The summed E-state index contributed by atoms with van der Waals surface area (Å²) in [6.07, 6.45) is 0.0202. The van der Waals surface area contributed by atoms with Crippen molar-refractivity contribution in [3.8, 4) is 0 Å². The van der Waals surface area contributed by atoms with Gasteiger partial charge in [0.15, 0.2) is 0 Å². The van der Waals surface area contributed by atoms with Gasteiger partial charge in [0.25, 0.3) is 5.91 Å². The lowest BCUT2D eigenvalue weighted by molar-refractivity contribution is -0.121. The first-order valence-electron chi connectivity index (χ1n) is 11.0. The van der Waals surface area contributed by atoms with E-state index in [1.165, 1.54) is 0 Å². The van der Waals surface area contributed by atoms with Gasteiger partial charge in [-0.15, -0.1) is 0 Å². The quantitative estimate of drug-likeness (QED) is 0.388. The van der Waals surface area contributed by atoms with E-state index in [0.717, 1.165) is 11.1 Å². The largest absolute Gasteiger partial charge is 0.355 e. The summed E-state index contributed by atoms with van der Waals surface area (Å²) in [7, 11) is -3.68. The summed E-state index contributed by atoms with van der Waals surface area (Å²) in [5.41, 5.74) is 2.81. The molecule has 3 aromatic carbocycles. The average molecular weight is 480 g/mol. The molecule has 3 rings (SSSR count). The zero-order valence-electron chi connectivity index (χ0n) is 19.2. The monoisotopic (exact) mass is 479 g/mol. The molecular formula is C26H29N3O4S. The third kappa shape index (κ3) is 7.00. The van der Waals surface area contributed by atoms with Crippen molar-refractivity contribution in [2.24, 2.45) is 0 Å². The van der Waals surface area contributed by atoms with Crippen LogP contribution in [0.4, 0.5) is 0 Å². The summed E-state index contributed by atoms with van der Waals surface area (Å²) in [6, 6.07) is 22.8. The fourth-order valence-corrected chi connectivity index (χ4v) is 4.85. The van der Waals surface area contributed by atoms with Crippen molar-refractivity contribution in [3.05, 3.63) is 101 Å². The summed E-state index contributed by atoms with van der Waals surface area (Å²) in [5.74, 6) is -0.573. The molecule has 0 aromatic heterocycles. The molecule has 2 amide bonds. The lowest BCUT2D eigenvalue weighted by atomic mass is 10.0. The Labute approximate surface area is 200 Å². The number of sulfonamides is 1. The molecule has 178 valence electrons. The van der Waals surface area contributed by atoms with Crippen LogP contribution in [0.3, 0.4) is 0 Å². The van der Waals surface area contributed by atoms with Crippen LogP contribution in [0, 0.1) is 13.8 Å². The van der Waals surface area contributed by atoms with Crippen LogP contribution in [0.25, 0.3) is 0 Å². The van der Waals surface area contributed by atoms with Crippen LogP contribution in [-0.4, -0.2) is 33.3 Å². The Hall–Kier alpha value is -3.49. The Morgan fingerprint density at radius 1 is 0.853 bits per heavy atom. The molecule has 0 bridgehead atoms. The summed E-state index contributed by atoms with van der Waals surface area (Å²) < 4.78 is 27.7. The number of carbonyl (C=O) groups is 2. The van der Waals surface area contributed by atoms with Gasteiger partial charge < -0.3 is 10.6 Å². The maximum Gasteiger partial charge on any atom is 0.251 e. The van der Waals surface area contributed by atoms with Crippen molar-refractivity contribution in [2.45, 2.75) is 31.2 Å². The van der Waals surface area contributed by atoms with Gasteiger partial charge in [0.05, 0.1) is 17.4 Å². The molecule has 0 aliphatic heterocycles. The number of benzene rings is 3. The van der Waals surface area contributed by atoms with Crippen LogP contribution in [0.15, 0.2) is 83.8 Å². The number of carbonyl (C=O) groups excluding carboxylic acids is 2. The average Bonchev–Trinajstić information content (AvgIpc) is 2.84. The SMILES string of the molecule is Cc1ccc(C)c(S(=O)(=O)NCCNC(=O)CC(NC(=O)c2ccccc2)c2ccccc2)c1. The molecule has 0 saturated carbocycles. The molecule has 1 unspecified atom stereocenters. The molecule has 0 radical (unpaired) electrons. The first kappa shape index (κ1) is 25.1. The summed E-state index contributed by atoms with van der Waals surface area (Å²) in [5, 5.41) is 5.65. The van der Waals surface area contributed by atoms with Gasteiger partial charge in [0.1, 0.15) is 0 Å². The molecule has 3 N–H and O–H groups in total. The molecule has 0 saturated heterocycles. The standard InChI is InChI=1S/C26H29N3O4S/c1-19-13-14-20(2)24(17-19)34(32,33)28-16-15-27-25(30)18-23(21-9-5-3-6-10-21)29-26(31)22-11-7-4-8-12-22/h3-14,17,23,28H,15-16,18H2,1-2H3,(H,27,30)(H,29,31). The highest BCUT2D eigenvalue weighted by atomic mass is 32.2. The van der Waals surface area contributed by atoms with E-state index in [9.17, 15) is 18.0 Å². The molecule has 0 fully saturated rings. The van der Waals surface area contributed by atoms with Crippen LogP contribution in [0.5, 0.6) is 0 Å². The second-order valence-electron chi connectivity index (χ2n) is 8.02. The summed E-state index contributed by atoms with van der Waals surface area (Å²) >= 11 is 0. The molecular weight excluding hydrogens is 450 g/mol. The van der Waals surface area contributed by atoms with Crippen LogP contribution < -0.4 is 15.4 Å². The minimum absolute atomic E-state index is 0.0202. The Bertz CT molecular complexity index is 1230. The molecule has 7 nitrogen and oxygen atoms in total. The number of aryl methyl sites for hydroxylation is 2. The molecule has 8 heteroatoms. The second kappa shape index (κ2) is 11.6. The van der Waals surface area contributed by atoms with E-state index in [2.05, 4.69) is 15.4 Å². The normalized spacial score (nSPS) is 12.1. The van der Waals surface area contributed by atoms with Gasteiger partial charge in [0, 0.05) is 18.7 Å². The fraction of sp³-hybridized carbons (Fsp3) is 0.231. The molecule has 0 aliphatic rings.